The maximum absolute atomic E-state index is 13.7. The number of unbranched alkanes of at least 4 members (excludes halogenated alkanes) is 1. The summed E-state index contributed by atoms with van der Waals surface area (Å²) in [5, 5.41) is 2.41. The second kappa shape index (κ2) is 11.5. The summed E-state index contributed by atoms with van der Waals surface area (Å²) in [7, 11) is 0. The summed E-state index contributed by atoms with van der Waals surface area (Å²) in [5.74, 6) is -1.58. The molecule has 0 fully saturated rings. The van der Waals surface area contributed by atoms with Gasteiger partial charge in [0.25, 0.3) is 5.91 Å². The highest BCUT2D eigenvalue weighted by atomic mass is 19.4. The van der Waals surface area contributed by atoms with E-state index in [9.17, 15) is 35.9 Å². The second-order valence-corrected chi connectivity index (χ2v) is 9.22. The van der Waals surface area contributed by atoms with Crippen LogP contribution in [-0.4, -0.2) is 30.2 Å². The maximum Gasteiger partial charge on any atom is 0.416 e. The van der Waals surface area contributed by atoms with Gasteiger partial charge in [-0.05, 0) is 30.2 Å². The number of benzodiazepines with no additional fused rings is 1. The number of hydrogen-bond acceptors (Lipinski definition) is 3. The molecule has 11 heteroatoms. The summed E-state index contributed by atoms with van der Waals surface area (Å²) in [6.07, 6.45) is -11.1. The van der Waals surface area contributed by atoms with E-state index in [0.717, 1.165) is 6.42 Å². The first-order chi connectivity index (χ1) is 18.9. The van der Waals surface area contributed by atoms with Crippen LogP contribution < -0.4 is 10.2 Å². The van der Waals surface area contributed by atoms with Crippen LogP contribution in [0.2, 0.25) is 0 Å². The van der Waals surface area contributed by atoms with E-state index < -0.39 is 53.4 Å². The fourth-order valence-corrected chi connectivity index (χ4v) is 4.44. The van der Waals surface area contributed by atoms with Gasteiger partial charge in [-0.2, -0.15) is 26.3 Å². The topological polar surface area (TPSA) is 61.8 Å². The van der Waals surface area contributed by atoms with Crippen molar-refractivity contribution in [2.45, 2.75) is 44.7 Å². The molecule has 0 saturated carbocycles. The number of nitrogens with one attached hydrogen (secondary N) is 1. The van der Waals surface area contributed by atoms with Crippen LogP contribution in [0.3, 0.4) is 0 Å². The largest absolute Gasteiger partial charge is 0.416 e. The SMILES string of the molecule is CCCCN1C(=O)C(NC(=O)Cc2ccc(C(F)(F)F)cc2C(F)(F)F)N=C(c2ccccc2)c2ccccc21. The van der Waals surface area contributed by atoms with Crippen molar-refractivity contribution in [3.05, 3.63) is 101 Å². The summed E-state index contributed by atoms with van der Waals surface area (Å²) in [4.78, 5) is 32.7. The predicted octanol–water partition coefficient (Wildman–Crippen LogP) is 6.39. The van der Waals surface area contributed by atoms with Crippen LogP contribution in [0.15, 0.2) is 77.8 Å². The van der Waals surface area contributed by atoms with Gasteiger partial charge in [0.05, 0.1) is 28.9 Å². The number of carbonyl (C=O) groups excluding carboxylic acids is 2. The number of para-hydroxylation sites is 1. The van der Waals surface area contributed by atoms with E-state index in [1.165, 1.54) is 4.90 Å². The molecule has 40 heavy (non-hydrogen) atoms. The molecule has 1 aliphatic heterocycles. The van der Waals surface area contributed by atoms with Crippen LogP contribution in [0.5, 0.6) is 0 Å². The van der Waals surface area contributed by atoms with Crippen molar-refractivity contribution >= 4 is 23.2 Å². The van der Waals surface area contributed by atoms with Gasteiger partial charge < -0.3 is 10.2 Å². The molecule has 210 valence electrons. The van der Waals surface area contributed by atoms with Gasteiger partial charge in [-0.15, -0.1) is 0 Å². The Morgan fingerprint density at radius 3 is 2.25 bits per heavy atom. The maximum atomic E-state index is 13.7. The predicted molar refractivity (Wildman–Crippen MR) is 138 cm³/mol. The normalized spacial score (nSPS) is 15.8. The molecule has 0 saturated heterocycles. The first kappa shape index (κ1) is 28.8. The third kappa shape index (κ3) is 6.35. The van der Waals surface area contributed by atoms with Crippen molar-refractivity contribution in [2.24, 2.45) is 4.99 Å². The summed E-state index contributed by atoms with van der Waals surface area (Å²) in [6.45, 7) is 2.26. The number of aliphatic imine (C=N–C) groups is 1. The van der Waals surface area contributed by atoms with E-state index >= 15 is 0 Å². The molecule has 0 radical (unpaired) electrons. The van der Waals surface area contributed by atoms with Gasteiger partial charge in [-0.25, -0.2) is 4.99 Å². The molecule has 1 atom stereocenters. The minimum atomic E-state index is -5.13. The van der Waals surface area contributed by atoms with Gasteiger partial charge in [0.1, 0.15) is 0 Å². The Balaban J connectivity index is 1.71. The van der Waals surface area contributed by atoms with Crippen molar-refractivity contribution in [3.63, 3.8) is 0 Å². The Labute approximate surface area is 226 Å². The highest BCUT2D eigenvalue weighted by Gasteiger charge is 2.39. The fraction of sp³-hybridized carbons (Fsp3) is 0.276. The number of fused-ring (bicyclic) bond motifs is 1. The van der Waals surface area contributed by atoms with E-state index in [1.807, 2.05) is 6.92 Å². The standard InChI is InChI=1S/C29H25F6N3O2/c1-2-3-15-38-23-12-8-7-11-21(23)25(18-9-5-4-6-10-18)37-26(27(38)40)36-24(39)16-19-13-14-20(28(30,31)32)17-22(19)29(33,34)35/h4-14,17,26H,2-3,15-16H2,1H3,(H,36,39). The summed E-state index contributed by atoms with van der Waals surface area (Å²) < 4.78 is 80.0. The second-order valence-electron chi connectivity index (χ2n) is 9.22. The first-order valence-electron chi connectivity index (χ1n) is 12.5. The van der Waals surface area contributed by atoms with E-state index in [-0.39, 0.29) is 6.07 Å². The first-order valence-corrected chi connectivity index (χ1v) is 12.5. The number of amides is 2. The molecular weight excluding hydrogens is 536 g/mol. The number of alkyl halides is 6. The molecule has 4 rings (SSSR count). The molecule has 2 amide bonds. The number of halogens is 6. The molecule has 1 aliphatic rings. The highest BCUT2D eigenvalue weighted by molar-refractivity contribution is 6.20. The quantitative estimate of drug-likeness (QED) is 0.340. The van der Waals surface area contributed by atoms with Gasteiger partial charge in [0.15, 0.2) is 0 Å². The Morgan fingerprint density at radius 1 is 0.925 bits per heavy atom. The van der Waals surface area contributed by atoms with Crippen LogP contribution in [0.1, 0.15) is 47.6 Å². The Morgan fingerprint density at radius 2 is 1.60 bits per heavy atom. The Bertz CT molecular complexity index is 1420. The number of carbonyl (C=O) groups is 2. The lowest BCUT2D eigenvalue weighted by atomic mass is 10.00. The molecule has 1 heterocycles. The van der Waals surface area contributed by atoms with Gasteiger partial charge in [-0.3, -0.25) is 9.59 Å². The van der Waals surface area contributed by atoms with E-state index in [1.54, 1.807) is 54.6 Å². The Kier molecular flexibility index (Phi) is 8.32. The van der Waals surface area contributed by atoms with Crippen LogP contribution in [0, 0.1) is 0 Å². The van der Waals surface area contributed by atoms with Crippen molar-refractivity contribution in [2.75, 3.05) is 11.4 Å². The lowest BCUT2D eigenvalue weighted by Crippen LogP contribution is -2.48. The average Bonchev–Trinajstić information content (AvgIpc) is 3.01. The van der Waals surface area contributed by atoms with Gasteiger partial charge in [0, 0.05) is 17.7 Å². The number of nitrogens with zero attached hydrogens (tertiary/aromatic N) is 2. The summed E-state index contributed by atoms with van der Waals surface area (Å²) in [5.41, 5.74) is -1.45. The molecule has 0 aromatic heterocycles. The molecule has 0 aliphatic carbocycles. The minimum absolute atomic E-state index is 0.0196. The lowest BCUT2D eigenvalue weighted by Gasteiger charge is -2.25. The van der Waals surface area contributed by atoms with Crippen LogP contribution in [-0.2, 0) is 28.4 Å². The smallest absolute Gasteiger partial charge is 0.326 e. The lowest BCUT2D eigenvalue weighted by molar-refractivity contribution is -0.143. The molecule has 5 nitrogen and oxygen atoms in total. The van der Waals surface area contributed by atoms with Gasteiger partial charge in [0.2, 0.25) is 12.1 Å². The van der Waals surface area contributed by atoms with Crippen molar-refractivity contribution in [3.8, 4) is 0 Å². The highest BCUT2D eigenvalue weighted by Crippen LogP contribution is 2.37. The zero-order chi connectivity index (χ0) is 29.1. The molecule has 3 aromatic carbocycles. The molecule has 3 aromatic rings. The monoisotopic (exact) mass is 561 g/mol. The number of hydrogen-bond donors (Lipinski definition) is 1. The van der Waals surface area contributed by atoms with Crippen molar-refractivity contribution in [1.29, 1.82) is 0 Å². The van der Waals surface area contributed by atoms with Crippen LogP contribution >= 0.6 is 0 Å². The summed E-state index contributed by atoms with van der Waals surface area (Å²) >= 11 is 0. The molecule has 1 unspecified atom stereocenters. The van der Waals surface area contributed by atoms with Gasteiger partial charge in [-0.1, -0.05) is 67.9 Å². The molecule has 0 bridgehead atoms. The van der Waals surface area contributed by atoms with Crippen molar-refractivity contribution in [1.82, 2.24) is 5.32 Å². The zero-order valence-corrected chi connectivity index (χ0v) is 21.3. The van der Waals surface area contributed by atoms with Crippen LogP contribution in [0.4, 0.5) is 32.0 Å². The fourth-order valence-electron chi connectivity index (χ4n) is 4.44. The van der Waals surface area contributed by atoms with Crippen molar-refractivity contribution < 1.29 is 35.9 Å². The summed E-state index contributed by atoms with van der Waals surface area (Å²) in [6, 6.07) is 17.1. The molecule has 1 N–H and O–H groups in total. The van der Waals surface area contributed by atoms with E-state index in [4.69, 9.17) is 0 Å². The number of benzene rings is 3. The Hall–Kier alpha value is -4.15. The average molecular weight is 562 g/mol. The third-order valence-corrected chi connectivity index (χ3v) is 6.38. The molecule has 0 spiro atoms. The third-order valence-electron chi connectivity index (χ3n) is 6.38. The van der Waals surface area contributed by atoms with Crippen LogP contribution in [0.25, 0.3) is 0 Å². The van der Waals surface area contributed by atoms with E-state index in [2.05, 4.69) is 10.3 Å². The van der Waals surface area contributed by atoms with Gasteiger partial charge >= 0.3 is 12.4 Å². The minimum Gasteiger partial charge on any atom is -0.326 e. The number of anilines is 1. The van der Waals surface area contributed by atoms with E-state index in [0.29, 0.717) is 47.6 Å². The molecular formula is C29H25F6N3O2. The zero-order valence-electron chi connectivity index (χ0n) is 21.3. The number of rotatable bonds is 7.